The number of para-hydroxylation sites is 3. The number of fused-ring (bicyclic) bond motifs is 6. The minimum absolute atomic E-state index is 0.200. The first-order valence-electron chi connectivity index (χ1n) is 29.3. The predicted molar refractivity (Wildman–Crippen MR) is 341 cm³/mol. The number of likely N-dealkylation sites (N-methyl/N-ethyl adjacent to an activating group) is 1. The van der Waals surface area contributed by atoms with Crippen molar-refractivity contribution < 1.29 is 22.7 Å². The van der Waals surface area contributed by atoms with Gasteiger partial charge in [-0.2, -0.15) is 13.2 Å². The van der Waals surface area contributed by atoms with E-state index in [2.05, 4.69) is 138 Å². The number of thioether (sulfide) groups is 1. The van der Waals surface area contributed by atoms with E-state index in [1.54, 1.807) is 17.8 Å². The molecule has 6 aromatic rings. The van der Waals surface area contributed by atoms with Crippen molar-refractivity contribution in [3.05, 3.63) is 138 Å². The van der Waals surface area contributed by atoms with Crippen molar-refractivity contribution in [1.82, 2.24) is 24.5 Å². The highest BCUT2D eigenvalue weighted by Gasteiger charge is 2.34. The molecule has 0 aromatic heterocycles. The lowest BCUT2D eigenvalue weighted by Gasteiger charge is -2.37. The summed E-state index contributed by atoms with van der Waals surface area (Å²) in [5.74, 6) is -0.200. The Morgan fingerprint density at radius 2 is 1.02 bits per heavy atom. The molecule has 0 bridgehead atoms. The van der Waals surface area contributed by atoms with Gasteiger partial charge in [0.05, 0.1) is 39.7 Å². The molecule has 3 saturated heterocycles. The Kier molecular flexibility index (Phi) is 21.7. The van der Waals surface area contributed by atoms with E-state index in [0.29, 0.717) is 18.8 Å². The minimum Gasteiger partial charge on any atom is -0.465 e. The first-order chi connectivity index (χ1) is 40.3. The molecule has 6 heterocycles. The van der Waals surface area contributed by atoms with Gasteiger partial charge in [0.2, 0.25) is 0 Å². The SMILES string of the molecule is CC(=O)OCCN1CCN(CCCN2c3ccccc3Sc3ccc(Cl)cc32)CC1.CN1CCN(CCCN2c3ccccc3Sc3ccc(C(F)(F)F)cc32)CC1.CSc1ccc2c(c1)N(CCC1CCCCN1C)c1ccccc1S2. The zero-order chi connectivity index (χ0) is 57.9. The van der Waals surface area contributed by atoms with Crippen molar-refractivity contribution in [2.45, 2.75) is 91.9 Å². The predicted octanol–water partition coefficient (Wildman–Crippen LogP) is 15.3. The van der Waals surface area contributed by atoms with Crippen molar-refractivity contribution in [2.75, 3.05) is 140 Å². The highest BCUT2D eigenvalue weighted by atomic mass is 35.5. The van der Waals surface area contributed by atoms with Gasteiger partial charge in [-0.15, -0.1) is 11.8 Å². The van der Waals surface area contributed by atoms with Gasteiger partial charge in [-0.05, 0) is 163 Å². The van der Waals surface area contributed by atoms with Crippen LogP contribution in [-0.4, -0.2) is 162 Å². The highest BCUT2D eigenvalue weighted by Crippen LogP contribution is 2.52. The number of piperazine rings is 2. The van der Waals surface area contributed by atoms with Crippen LogP contribution >= 0.6 is 58.6 Å². The molecule has 0 amide bonds. The molecule has 0 N–H and O–H groups in total. The third kappa shape index (κ3) is 16.1. The fraction of sp³-hybridized carbons (Fsp3) is 0.431. The third-order valence-corrected chi connectivity index (χ3v) is 20.8. The molecule has 10 nitrogen and oxygen atoms in total. The standard InChI is InChI=1S/C23H28ClN3O2S.C21H24F3N3S.C21H26N2S2/c1-18(28)29-16-15-26-13-11-25(12-14-26)9-4-10-27-20-5-2-3-6-22(20)30-23-8-7-19(24)17-21(23)27;1-25-11-13-26(14-12-25)9-4-10-27-17-5-2-3-6-19(17)28-20-8-7-16(15-18(20)27)21(22,23)24;1-22-13-6-5-7-16(22)12-14-23-18-8-3-4-9-20(18)25-21-11-10-17(24-2)15-19(21)23/h2-3,5-8,17H,4,9-16H2,1H3;2-3,5-8,15H,4,9-14H2,1H3;3-4,8-11,15-16H,5-7,12-14H2,1-2H3. The molecule has 1 atom stereocenters. The summed E-state index contributed by atoms with van der Waals surface area (Å²) in [6.45, 7) is 17.3. The number of carbonyl (C=O) groups excluding carboxylic acids is 1. The summed E-state index contributed by atoms with van der Waals surface area (Å²) in [4.78, 5) is 38.8. The summed E-state index contributed by atoms with van der Waals surface area (Å²) >= 11 is 13.4. The van der Waals surface area contributed by atoms with Gasteiger partial charge in [0.1, 0.15) is 6.61 Å². The van der Waals surface area contributed by atoms with Crippen LogP contribution in [0.5, 0.6) is 0 Å². The molecule has 0 spiro atoms. The lowest BCUT2D eigenvalue weighted by Crippen LogP contribution is -2.47. The Hall–Kier alpha value is -4.53. The topological polar surface area (TPSA) is 52.2 Å². The van der Waals surface area contributed by atoms with E-state index in [1.165, 1.54) is 98.5 Å². The molecule has 6 aromatic carbocycles. The average molecular weight is 1220 g/mol. The molecule has 0 saturated carbocycles. The van der Waals surface area contributed by atoms with Crippen molar-refractivity contribution in [3.63, 3.8) is 0 Å². The number of nitrogens with zero attached hydrogens (tertiary/aromatic N) is 8. The van der Waals surface area contributed by atoms with Crippen LogP contribution in [0.25, 0.3) is 0 Å². The summed E-state index contributed by atoms with van der Waals surface area (Å²) in [6.07, 6.45) is 5.16. The number of alkyl halides is 3. The maximum Gasteiger partial charge on any atom is 0.416 e. The smallest absolute Gasteiger partial charge is 0.416 e. The quantitative estimate of drug-likeness (QED) is 0.0724. The fourth-order valence-electron chi connectivity index (χ4n) is 11.8. The highest BCUT2D eigenvalue weighted by molar-refractivity contribution is 8.00. The van der Waals surface area contributed by atoms with Crippen molar-refractivity contribution >= 4 is 98.7 Å². The van der Waals surface area contributed by atoms with Crippen LogP contribution in [0.15, 0.2) is 162 Å². The molecule has 83 heavy (non-hydrogen) atoms. The number of hydrogen-bond acceptors (Lipinski definition) is 14. The number of carbonyl (C=O) groups is 1. The maximum absolute atomic E-state index is 13.3. The van der Waals surface area contributed by atoms with Crippen molar-refractivity contribution in [3.8, 4) is 0 Å². The van der Waals surface area contributed by atoms with Gasteiger partial charge in [0, 0.05) is 131 Å². The molecule has 12 rings (SSSR count). The minimum atomic E-state index is -4.33. The van der Waals surface area contributed by atoms with Gasteiger partial charge in [-0.1, -0.05) is 89.7 Å². The van der Waals surface area contributed by atoms with E-state index in [-0.39, 0.29) is 5.97 Å². The fourth-order valence-corrected chi connectivity index (χ4v) is 15.6. The van der Waals surface area contributed by atoms with Gasteiger partial charge in [0.25, 0.3) is 0 Å². The van der Waals surface area contributed by atoms with Crippen LogP contribution in [0.2, 0.25) is 5.02 Å². The van der Waals surface area contributed by atoms with E-state index < -0.39 is 11.7 Å². The van der Waals surface area contributed by atoms with Gasteiger partial charge in [-0.25, -0.2) is 0 Å². The monoisotopic (exact) mass is 1220 g/mol. The molecule has 442 valence electrons. The number of anilines is 6. The summed E-state index contributed by atoms with van der Waals surface area (Å²) in [6, 6.07) is 43.3. The molecule has 6 aliphatic heterocycles. The maximum atomic E-state index is 13.3. The average Bonchev–Trinajstić information content (AvgIpc) is 3.42. The van der Waals surface area contributed by atoms with Gasteiger partial charge < -0.3 is 39.0 Å². The van der Waals surface area contributed by atoms with Crippen LogP contribution in [0.3, 0.4) is 0 Å². The van der Waals surface area contributed by atoms with Crippen LogP contribution in [0.1, 0.15) is 51.0 Å². The van der Waals surface area contributed by atoms with E-state index in [4.69, 9.17) is 16.3 Å². The summed E-state index contributed by atoms with van der Waals surface area (Å²) in [5, 5.41) is 0.781. The number of ether oxygens (including phenoxy) is 1. The summed E-state index contributed by atoms with van der Waals surface area (Å²) in [5.41, 5.74) is 6.31. The molecule has 6 aliphatic rings. The molecule has 0 radical (unpaired) electrons. The molecule has 1 unspecified atom stereocenters. The molecule has 3 fully saturated rings. The molecular weight excluding hydrogens is 1150 g/mol. The van der Waals surface area contributed by atoms with Crippen LogP contribution in [0.4, 0.5) is 47.3 Å². The second-order valence-electron chi connectivity index (χ2n) is 22.1. The van der Waals surface area contributed by atoms with E-state index in [0.717, 1.165) is 124 Å². The number of hydrogen-bond donors (Lipinski definition) is 0. The first kappa shape index (κ1) is 61.6. The van der Waals surface area contributed by atoms with Gasteiger partial charge in [-0.3, -0.25) is 9.69 Å². The van der Waals surface area contributed by atoms with Gasteiger partial charge in [0.15, 0.2) is 0 Å². The second kappa shape index (κ2) is 29.2. The van der Waals surface area contributed by atoms with E-state index >= 15 is 0 Å². The summed E-state index contributed by atoms with van der Waals surface area (Å²) in [7, 11) is 4.43. The Labute approximate surface area is 512 Å². The number of benzene rings is 6. The molecule has 0 aliphatic carbocycles. The van der Waals surface area contributed by atoms with Crippen LogP contribution in [0, 0.1) is 0 Å². The van der Waals surface area contributed by atoms with E-state index in [9.17, 15) is 18.0 Å². The Balaban J connectivity index is 0.000000140. The molecular formula is C65H78ClF3N8O2S4. The molecule has 18 heteroatoms. The number of piperidine rings is 1. The zero-order valence-electron chi connectivity index (χ0n) is 48.3. The second-order valence-corrected chi connectivity index (χ2v) is 26.7. The van der Waals surface area contributed by atoms with Crippen molar-refractivity contribution in [2.24, 2.45) is 0 Å². The number of likely N-dealkylation sites (tertiary alicyclic amines) is 1. The van der Waals surface area contributed by atoms with E-state index in [1.807, 2.05) is 65.6 Å². The number of halogens is 4. The Bertz CT molecular complexity index is 3130. The lowest BCUT2D eigenvalue weighted by molar-refractivity contribution is -0.141. The first-order valence-corrected chi connectivity index (χ1v) is 33.3. The number of rotatable bonds is 15. The van der Waals surface area contributed by atoms with Crippen LogP contribution in [-0.2, 0) is 15.7 Å². The Morgan fingerprint density at radius 1 is 0.554 bits per heavy atom. The zero-order valence-corrected chi connectivity index (χ0v) is 52.3. The Morgan fingerprint density at radius 3 is 1.55 bits per heavy atom. The van der Waals surface area contributed by atoms with Crippen molar-refractivity contribution in [1.29, 1.82) is 0 Å². The normalized spacial score (nSPS) is 18.3. The van der Waals surface area contributed by atoms with Gasteiger partial charge >= 0.3 is 12.1 Å². The number of esters is 1. The third-order valence-electron chi connectivity index (χ3n) is 16.5. The lowest BCUT2D eigenvalue weighted by atomic mass is 9.99. The summed E-state index contributed by atoms with van der Waals surface area (Å²) < 4.78 is 44.9. The van der Waals surface area contributed by atoms with Crippen LogP contribution < -0.4 is 14.7 Å². The largest absolute Gasteiger partial charge is 0.465 e.